The zero-order chi connectivity index (χ0) is 22.2. The molecule has 5 nitrogen and oxygen atoms in total. The lowest BCUT2D eigenvalue weighted by Crippen LogP contribution is -2.30. The molecule has 31 heavy (non-hydrogen) atoms. The van der Waals surface area contributed by atoms with Crippen molar-refractivity contribution in [3.05, 3.63) is 90.0 Å². The highest BCUT2D eigenvalue weighted by atomic mass is 16.5. The summed E-state index contributed by atoms with van der Waals surface area (Å²) in [5.74, 6) is 0.528. The molecule has 0 spiro atoms. The van der Waals surface area contributed by atoms with E-state index in [1.807, 2.05) is 54.6 Å². The smallest absolute Gasteiger partial charge is 0.339 e. The molecule has 0 saturated carbocycles. The first-order valence-corrected chi connectivity index (χ1v) is 10.4. The van der Waals surface area contributed by atoms with Gasteiger partial charge in [-0.3, -0.25) is 4.79 Å². The van der Waals surface area contributed by atoms with Gasteiger partial charge in [-0.2, -0.15) is 0 Å². The van der Waals surface area contributed by atoms with E-state index in [9.17, 15) is 9.59 Å². The summed E-state index contributed by atoms with van der Waals surface area (Å²) in [6.07, 6.45) is 0.00918. The Labute approximate surface area is 183 Å². The monoisotopic (exact) mass is 417 g/mol. The van der Waals surface area contributed by atoms with Crippen molar-refractivity contribution in [3.8, 4) is 11.5 Å². The third-order valence-corrected chi connectivity index (χ3v) is 5.06. The van der Waals surface area contributed by atoms with E-state index in [1.165, 1.54) is 0 Å². The Morgan fingerprint density at radius 2 is 1.55 bits per heavy atom. The van der Waals surface area contributed by atoms with Crippen LogP contribution < -0.4 is 10.1 Å². The number of esters is 1. The Morgan fingerprint density at radius 1 is 0.871 bits per heavy atom. The zero-order valence-corrected chi connectivity index (χ0v) is 18.0. The SMILES string of the molecule is CC[C@@H](C)c1ccccc1NC(=O)[C@@H](C)OC(=O)c1cccc(Oc2ccccc2)c1. The van der Waals surface area contributed by atoms with Gasteiger partial charge < -0.3 is 14.8 Å². The number of rotatable bonds is 8. The maximum Gasteiger partial charge on any atom is 0.339 e. The summed E-state index contributed by atoms with van der Waals surface area (Å²) in [5.41, 5.74) is 2.11. The van der Waals surface area contributed by atoms with Gasteiger partial charge in [0.15, 0.2) is 6.10 Å². The largest absolute Gasteiger partial charge is 0.457 e. The Bertz CT molecular complexity index is 1030. The van der Waals surface area contributed by atoms with E-state index in [1.54, 1.807) is 31.2 Å². The molecule has 1 N–H and O–H groups in total. The Morgan fingerprint density at radius 3 is 2.29 bits per heavy atom. The lowest BCUT2D eigenvalue weighted by atomic mass is 9.97. The van der Waals surface area contributed by atoms with Crippen LogP contribution in [0.4, 0.5) is 5.69 Å². The van der Waals surface area contributed by atoms with Crippen LogP contribution in [0.1, 0.15) is 49.0 Å². The third-order valence-electron chi connectivity index (χ3n) is 5.06. The van der Waals surface area contributed by atoms with Crippen molar-refractivity contribution in [1.82, 2.24) is 0 Å². The third kappa shape index (κ3) is 5.95. The van der Waals surface area contributed by atoms with Crippen LogP contribution in [0.2, 0.25) is 0 Å². The first kappa shape index (κ1) is 22.1. The highest BCUT2D eigenvalue weighted by Gasteiger charge is 2.21. The molecule has 0 aliphatic heterocycles. The maximum atomic E-state index is 12.6. The number of amides is 1. The minimum absolute atomic E-state index is 0.307. The van der Waals surface area contributed by atoms with E-state index in [-0.39, 0.29) is 5.91 Å². The van der Waals surface area contributed by atoms with Crippen molar-refractivity contribution >= 4 is 17.6 Å². The van der Waals surface area contributed by atoms with Gasteiger partial charge in [0.05, 0.1) is 5.56 Å². The molecule has 0 aromatic heterocycles. The quantitative estimate of drug-likeness (QED) is 0.445. The van der Waals surface area contributed by atoms with E-state index >= 15 is 0 Å². The lowest BCUT2D eigenvalue weighted by Gasteiger charge is -2.18. The Balaban J connectivity index is 1.64. The average Bonchev–Trinajstić information content (AvgIpc) is 2.79. The summed E-state index contributed by atoms with van der Waals surface area (Å²) in [6, 6.07) is 23.7. The fourth-order valence-electron chi connectivity index (χ4n) is 3.09. The van der Waals surface area contributed by atoms with Crippen molar-refractivity contribution in [1.29, 1.82) is 0 Å². The number of benzene rings is 3. The van der Waals surface area contributed by atoms with Gasteiger partial charge in [0, 0.05) is 5.69 Å². The Kier molecular flexibility index (Phi) is 7.44. The van der Waals surface area contributed by atoms with Crippen LogP contribution in [0.25, 0.3) is 0 Å². The van der Waals surface area contributed by atoms with E-state index in [2.05, 4.69) is 19.2 Å². The van der Waals surface area contributed by atoms with Crippen molar-refractivity contribution in [2.45, 2.75) is 39.2 Å². The summed E-state index contributed by atoms with van der Waals surface area (Å²) in [4.78, 5) is 25.2. The van der Waals surface area contributed by atoms with Gasteiger partial charge in [0.2, 0.25) is 0 Å². The second-order valence-electron chi connectivity index (χ2n) is 7.38. The van der Waals surface area contributed by atoms with Crippen molar-refractivity contribution in [2.24, 2.45) is 0 Å². The van der Waals surface area contributed by atoms with E-state index in [0.717, 1.165) is 17.7 Å². The number of hydrogen-bond donors (Lipinski definition) is 1. The highest BCUT2D eigenvalue weighted by molar-refractivity contribution is 5.98. The summed E-state index contributed by atoms with van der Waals surface area (Å²) >= 11 is 0. The number of hydrogen-bond acceptors (Lipinski definition) is 4. The zero-order valence-electron chi connectivity index (χ0n) is 18.0. The number of para-hydroxylation sites is 2. The second kappa shape index (κ2) is 10.4. The number of carbonyl (C=O) groups excluding carboxylic acids is 2. The number of carbonyl (C=O) groups is 2. The molecule has 3 aromatic rings. The number of nitrogens with one attached hydrogen (secondary N) is 1. The van der Waals surface area contributed by atoms with Crippen LogP contribution in [0.3, 0.4) is 0 Å². The van der Waals surface area contributed by atoms with Crippen LogP contribution in [-0.2, 0) is 9.53 Å². The molecule has 0 aliphatic carbocycles. The van der Waals surface area contributed by atoms with E-state index in [4.69, 9.17) is 9.47 Å². The number of anilines is 1. The fourth-order valence-corrected chi connectivity index (χ4v) is 3.09. The maximum absolute atomic E-state index is 12.6. The van der Waals surface area contributed by atoms with Crippen LogP contribution in [-0.4, -0.2) is 18.0 Å². The molecule has 2 atom stereocenters. The van der Waals surface area contributed by atoms with Gasteiger partial charge in [-0.1, -0.05) is 56.3 Å². The lowest BCUT2D eigenvalue weighted by molar-refractivity contribution is -0.123. The van der Waals surface area contributed by atoms with Crippen molar-refractivity contribution in [2.75, 3.05) is 5.32 Å². The summed E-state index contributed by atoms with van der Waals surface area (Å²) in [6.45, 7) is 5.77. The molecule has 3 aromatic carbocycles. The minimum atomic E-state index is -0.948. The highest BCUT2D eigenvalue weighted by Crippen LogP contribution is 2.27. The molecule has 0 bridgehead atoms. The van der Waals surface area contributed by atoms with Crippen molar-refractivity contribution < 1.29 is 19.1 Å². The first-order valence-electron chi connectivity index (χ1n) is 10.4. The molecule has 0 aliphatic rings. The van der Waals surface area contributed by atoms with Crippen molar-refractivity contribution in [3.63, 3.8) is 0 Å². The van der Waals surface area contributed by atoms with E-state index < -0.39 is 12.1 Å². The molecular weight excluding hydrogens is 390 g/mol. The standard InChI is InChI=1S/C26H27NO4/c1-4-18(2)23-15-8-9-16-24(23)27-25(28)19(3)30-26(29)20-11-10-14-22(17-20)31-21-12-6-5-7-13-21/h5-19H,4H2,1-3H3,(H,27,28)/t18-,19-/m1/s1. The average molecular weight is 418 g/mol. The van der Waals surface area contributed by atoms with Crippen LogP contribution in [0.5, 0.6) is 11.5 Å². The van der Waals surface area contributed by atoms with Crippen LogP contribution in [0.15, 0.2) is 78.9 Å². The Hall–Kier alpha value is -3.60. The predicted octanol–water partition coefficient (Wildman–Crippen LogP) is 6.18. The van der Waals surface area contributed by atoms with Gasteiger partial charge >= 0.3 is 5.97 Å². The molecular formula is C26H27NO4. The molecule has 0 heterocycles. The summed E-state index contributed by atoms with van der Waals surface area (Å²) in [7, 11) is 0. The molecule has 0 radical (unpaired) electrons. The van der Waals surface area contributed by atoms with E-state index in [0.29, 0.717) is 23.0 Å². The van der Waals surface area contributed by atoms with Gasteiger partial charge in [-0.05, 0) is 61.2 Å². The van der Waals surface area contributed by atoms with Gasteiger partial charge in [0.25, 0.3) is 5.91 Å². The second-order valence-corrected chi connectivity index (χ2v) is 7.38. The predicted molar refractivity (Wildman–Crippen MR) is 122 cm³/mol. The molecule has 0 fully saturated rings. The molecule has 160 valence electrons. The number of ether oxygens (including phenoxy) is 2. The van der Waals surface area contributed by atoms with Gasteiger partial charge in [-0.15, -0.1) is 0 Å². The molecule has 3 rings (SSSR count). The normalized spacial score (nSPS) is 12.5. The van der Waals surface area contributed by atoms with Crippen LogP contribution in [0, 0.1) is 0 Å². The van der Waals surface area contributed by atoms with Gasteiger partial charge in [0.1, 0.15) is 11.5 Å². The topological polar surface area (TPSA) is 64.6 Å². The van der Waals surface area contributed by atoms with Gasteiger partial charge in [-0.25, -0.2) is 4.79 Å². The summed E-state index contributed by atoms with van der Waals surface area (Å²) < 4.78 is 11.2. The van der Waals surface area contributed by atoms with Crippen LogP contribution >= 0.6 is 0 Å². The fraction of sp³-hybridized carbons (Fsp3) is 0.231. The molecule has 5 heteroatoms. The first-order chi connectivity index (χ1) is 15.0. The minimum Gasteiger partial charge on any atom is -0.457 e. The molecule has 0 saturated heterocycles. The molecule has 1 amide bonds. The summed E-state index contributed by atoms with van der Waals surface area (Å²) in [5, 5.41) is 2.89. The molecule has 0 unspecified atom stereocenters.